The van der Waals surface area contributed by atoms with Crippen molar-refractivity contribution in [1.29, 1.82) is 0 Å². The zero-order valence-electron chi connectivity index (χ0n) is 49.9. The number of pyridine rings is 1. The third-order valence-electron chi connectivity index (χ3n) is 17.8. The predicted octanol–water partition coefficient (Wildman–Crippen LogP) is 20.4. The molecule has 0 bridgehead atoms. The molecule has 5 heteroatoms. The van der Waals surface area contributed by atoms with Crippen LogP contribution < -0.4 is 14.5 Å². The van der Waals surface area contributed by atoms with E-state index in [1.165, 1.54) is 83.5 Å². The van der Waals surface area contributed by atoms with E-state index in [1.54, 1.807) is 0 Å². The van der Waals surface area contributed by atoms with Crippen molar-refractivity contribution < 1.29 is 4.74 Å². The van der Waals surface area contributed by atoms with Crippen LogP contribution in [0.2, 0.25) is 0 Å². The average Bonchev–Trinajstić information content (AvgIpc) is 1.64. The van der Waals surface area contributed by atoms with Crippen LogP contribution in [0.4, 0.5) is 22.7 Å². The molecule has 0 saturated carbocycles. The molecule has 1 aliphatic heterocycles. The number of ether oxygens (including phenoxy) is 1. The maximum Gasteiger partial charge on any atom is 0.137 e. The van der Waals surface area contributed by atoms with E-state index in [9.17, 15) is 0 Å². The number of hydrogen-bond donors (Lipinski definition) is 0. The van der Waals surface area contributed by atoms with E-state index in [4.69, 9.17) is 9.72 Å². The number of hydrogen-bond acceptors (Lipinski definition) is 4. The fourth-order valence-corrected chi connectivity index (χ4v) is 13.4. The lowest BCUT2D eigenvalue weighted by atomic mass is 9.62. The predicted molar refractivity (Wildman–Crippen MR) is 344 cm³/mol. The van der Waals surface area contributed by atoms with Crippen LogP contribution >= 0.6 is 0 Å². The molecule has 10 aromatic rings. The molecule has 82 heavy (non-hydrogen) atoms. The molecule has 0 fully saturated rings. The Morgan fingerprint density at radius 3 is 1.66 bits per heavy atom. The molecule has 0 amide bonds. The highest BCUT2D eigenvalue weighted by Crippen LogP contribution is 2.63. The zero-order valence-corrected chi connectivity index (χ0v) is 49.9. The Morgan fingerprint density at radius 1 is 0.488 bits per heavy atom. The molecule has 2 aliphatic carbocycles. The fourth-order valence-electron chi connectivity index (χ4n) is 13.4. The number of para-hydroxylation sites is 2. The highest BCUT2D eigenvalue weighted by Gasteiger charge is 2.53. The van der Waals surface area contributed by atoms with Gasteiger partial charge in [-0.3, -0.25) is 4.57 Å². The summed E-state index contributed by atoms with van der Waals surface area (Å²) in [6.07, 6.45) is 7.61. The van der Waals surface area contributed by atoms with Gasteiger partial charge in [0.1, 0.15) is 24.0 Å². The van der Waals surface area contributed by atoms with Crippen LogP contribution in [-0.2, 0) is 27.1 Å². The van der Waals surface area contributed by atoms with Crippen molar-refractivity contribution in [2.45, 2.75) is 122 Å². The van der Waals surface area contributed by atoms with Gasteiger partial charge in [-0.2, -0.15) is 0 Å². The van der Waals surface area contributed by atoms with E-state index in [1.807, 2.05) is 6.20 Å². The molecule has 8 aromatic carbocycles. The van der Waals surface area contributed by atoms with Crippen LogP contribution in [0.1, 0.15) is 146 Å². The number of aromatic nitrogens is 2. The Bertz CT molecular complexity index is 4050. The Labute approximate surface area is 486 Å². The van der Waals surface area contributed by atoms with E-state index in [0.717, 1.165) is 46.3 Å². The van der Waals surface area contributed by atoms with E-state index < -0.39 is 5.41 Å². The highest BCUT2D eigenvalue weighted by molar-refractivity contribution is 6.01. The van der Waals surface area contributed by atoms with Gasteiger partial charge in [-0.05, 0) is 144 Å². The third kappa shape index (κ3) is 8.87. The summed E-state index contributed by atoms with van der Waals surface area (Å²) < 4.78 is 9.77. The van der Waals surface area contributed by atoms with Gasteiger partial charge in [-0.15, -0.1) is 0 Å². The van der Waals surface area contributed by atoms with Gasteiger partial charge in [0.2, 0.25) is 0 Å². The molecule has 13 rings (SSSR count). The van der Waals surface area contributed by atoms with Crippen molar-refractivity contribution >= 4 is 39.7 Å². The molecule has 0 spiro atoms. The second-order valence-electron chi connectivity index (χ2n) is 27.3. The lowest BCUT2D eigenvalue weighted by Gasteiger charge is -2.40. The summed E-state index contributed by atoms with van der Waals surface area (Å²) in [5.41, 5.74) is 21.4. The smallest absolute Gasteiger partial charge is 0.137 e. The van der Waals surface area contributed by atoms with Crippen LogP contribution in [0.3, 0.4) is 0 Å². The topological polar surface area (TPSA) is 33.5 Å². The second kappa shape index (κ2) is 19.4. The first-order valence-electron chi connectivity index (χ1n) is 29.5. The second-order valence-corrected chi connectivity index (χ2v) is 27.3. The number of rotatable bonds is 9. The quantitative estimate of drug-likeness (QED) is 0.144. The van der Waals surface area contributed by atoms with E-state index in [0.29, 0.717) is 6.67 Å². The van der Waals surface area contributed by atoms with Crippen molar-refractivity contribution in [3.8, 4) is 39.6 Å². The number of benzene rings is 8. The lowest BCUT2D eigenvalue weighted by molar-refractivity contribution is 0.473. The zero-order chi connectivity index (χ0) is 57.1. The Kier molecular flexibility index (Phi) is 12.5. The number of allylic oxidation sites excluding steroid dienone is 1. The van der Waals surface area contributed by atoms with Gasteiger partial charge >= 0.3 is 0 Å². The van der Waals surface area contributed by atoms with E-state index in [2.05, 4.69) is 304 Å². The van der Waals surface area contributed by atoms with Gasteiger partial charge in [0.15, 0.2) is 0 Å². The van der Waals surface area contributed by atoms with Crippen molar-refractivity contribution in [2.75, 3.05) is 16.5 Å². The summed E-state index contributed by atoms with van der Waals surface area (Å²) >= 11 is 0. The van der Waals surface area contributed by atoms with Gasteiger partial charge in [0.25, 0.3) is 0 Å². The molecular weight excluding hydrogens is 997 g/mol. The monoisotopic (exact) mass is 1070 g/mol. The summed E-state index contributed by atoms with van der Waals surface area (Å²) in [6, 6.07) is 72.4. The first kappa shape index (κ1) is 52.9. The van der Waals surface area contributed by atoms with Gasteiger partial charge in [-0.25, -0.2) is 4.98 Å². The molecule has 0 N–H and O–H groups in total. The molecule has 410 valence electrons. The summed E-state index contributed by atoms with van der Waals surface area (Å²) in [7, 11) is 0. The first-order valence-corrected chi connectivity index (χ1v) is 29.5. The number of nitrogens with zero attached hydrogens (tertiary/aromatic N) is 4. The van der Waals surface area contributed by atoms with Crippen LogP contribution in [0.5, 0.6) is 11.5 Å². The van der Waals surface area contributed by atoms with Crippen LogP contribution in [0, 0.1) is 0 Å². The summed E-state index contributed by atoms with van der Waals surface area (Å²) in [4.78, 5) is 10.2. The van der Waals surface area contributed by atoms with Crippen molar-refractivity contribution in [2.24, 2.45) is 0 Å². The molecule has 3 aliphatic rings. The van der Waals surface area contributed by atoms with Gasteiger partial charge in [-0.1, -0.05) is 217 Å². The number of anilines is 4. The molecule has 2 aromatic heterocycles. The van der Waals surface area contributed by atoms with Crippen LogP contribution in [-0.4, -0.2) is 16.2 Å². The Balaban J connectivity index is 0.975. The van der Waals surface area contributed by atoms with Gasteiger partial charge in [0, 0.05) is 46.4 Å². The van der Waals surface area contributed by atoms with E-state index in [-0.39, 0.29) is 27.6 Å². The van der Waals surface area contributed by atoms with Crippen molar-refractivity contribution in [1.82, 2.24) is 9.55 Å². The van der Waals surface area contributed by atoms with Gasteiger partial charge < -0.3 is 14.5 Å². The SMILES string of the molecule is CC(C)(C)c1cc(-c2cc(C(C)(C)C)cc(-c3ccccc3)c2N2CN(c3cccc(Oc4cc5c6c7c(n(-c8cc(C(C)(C)C)ccn8)c6c4)C=CCC7C5(c4ccccc4)c4ccccc4)c3)c3ccccc32)cc(C(C)(C)C)c1. The van der Waals surface area contributed by atoms with E-state index >= 15 is 0 Å². The largest absolute Gasteiger partial charge is 0.457 e. The molecular formula is C77H76N4O. The highest BCUT2D eigenvalue weighted by atomic mass is 16.5. The Hall–Kier alpha value is -8.41. The van der Waals surface area contributed by atoms with Gasteiger partial charge in [0.05, 0.1) is 33.7 Å². The van der Waals surface area contributed by atoms with Crippen LogP contribution in [0.15, 0.2) is 206 Å². The minimum Gasteiger partial charge on any atom is -0.457 e. The Morgan fingerprint density at radius 2 is 1.05 bits per heavy atom. The van der Waals surface area contributed by atoms with Crippen molar-refractivity contribution in [3.63, 3.8) is 0 Å². The molecule has 0 saturated heterocycles. The fraction of sp³-hybridized carbons (Fsp3) is 0.260. The minimum absolute atomic E-state index is 0.0547. The lowest BCUT2D eigenvalue weighted by Crippen LogP contribution is -2.34. The third-order valence-corrected chi connectivity index (χ3v) is 17.8. The first-order chi connectivity index (χ1) is 39.2. The molecule has 0 radical (unpaired) electrons. The normalized spacial score (nSPS) is 15.6. The summed E-state index contributed by atoms with van der Waals surface area (Å²) in [5, 5.41) is 1.29. The maximum atomic E-state index is 7.37. The van der Waals surface area contributed by atoms with Crippen molar-refractivity contribution in [3.05, 3.63) is 257 Å². The minimum atomic E-state index is -0.473. The summed E-state index contributed by atoms with van der Waals surface area (Å²) in [6.45, 7) is 28.5. The molecule has 1 unspecified atom stereocenters. The summed E-state index contributed by atoms with van der Waals surface area (Å²) in [5.74, 6) is 2.62. The number of fused-ring (bicyclic) bond motifs is 1. The average molecular weight is 1070 g/mol. The molecule has 1 atom stereocenters. The molecule has 5 nitrogen and oxygen atoms in total. The van der Waals surface area contributed by atoms with Crippen LogP contribution in [0.25, 0.3) is 45.1 Å². The maximum absolute atomic E-state index is 7.37. The standard InChI is InChI=1S/C77H76N4O/c1-73(2,3)54-38-39-78-69(45-54)81-67-37-25-34-63-70(67)71-64(77(63,52-28-18-14-19-29-52)53-30-20-15-21-31-53)47-60(48-68(71)81)82-59-33-24-32-58(46-59)79-49-80(66-36-23-22-35-65(66)79)72-61(50-26-16-13-17-27-50)43-57(76(10,11)12)44-62(72)51-40-55(74(4,5)6)42-56(41-51)75(7,8)9/h13-33,35-48,63H,34,49H2,1-12H3. The molecule has 3 heterocycles.